The second-order valence-corrected chi connectivity index (χ2v) is 6.17. The van der Waals surface area contributed by atoms with Gasteiger partial charge in [-0.2, -0.15) is 14.6 Å². The van der Waals surface area contributed by atoms with E-state index in [0.717, 1.165) is 14.3 Å². The second kappa shape index (κ2) is 8.13. The van der Waals surface area contributed by atoms with Crippen molar-refractivity contribution in [3.05, 3.63) is 65.1 Å². The number of benzene rings is 2. The molecule has 2 aromatic carbocycles. The molecule has 1 heterocycles. The lowest BCUT2D eigenvalue weighted by atomic mass is 10.3. The van der Waals surface area contributed by atoms with E-state index in [2.05, 4.69) is 15.7 Å². The first kappa shape index (κ1) is 17.4. The standard InChI is InChI=1S/C17H14N6O2S/c18-10-11-26-15-9-5-4-8-14(15)19-16(24)12-22-17(25)23(21-20-22)13-6-2-1-3-7-13/h1-9H,11-12H2,(H,19,24). The number of aromatic nitrogens is 4. The first-order valence-electron chi connectivity index (χ1n) is 7.66. The first-order chi connectivity index (χ1) is 12.7. The van der Waals surface area contributed by atoms with Crippen LogP contribution in [0.1, 0.15) is 0 Å². The van der Waals surface area contributed by atoms with Crippen LogP contribution in [0.25, 0.3) is 5.69 Å². The molecule has 0 unspecified atom stereocenters. The summed E-state index contributed by atoms with van der Waals surface area (Å²) in [6.45, 7) is -0.261. The molecule has 1 aromatic heterocycles. The normalized spacial score (nSPS) is 10.3. The van der Waals surface area contributed by atoms with E-state index < -0.39 is 11.6 Å². The van der Waals surface area contributed by atoms with E-state index in [-0.39, 0.29) is 12.3 Å². The molecule has 1 N–H and O–H groups in total. The number of para-hydroxylation sites is 2. The van der Waals surface area contributed by atoms with E-state index in [9.17, 15) is 9.59 Å². The third-order valence-corrected chi connectivity index (χ3v) is 4.33. The van der Waals surface area contributed by atoms with Crippen molar-refractivity contribution < 1.29 is 4.79 Å². The highest BCUT2D eigenvalue weighted by molar-refractivity contribution is 7.99. The van der Waals surface area contributed by atoms with Gasteiger partial charge in [0.25, 0.3) is 0 Å². The molecule has 1 amide bonds. The number of amides is 1. The number of carbonyl (C=O) groups is 1. The smallest absolute Gasteiger partial charge is 0.323 e. The molecule has 0 aliphatic carbocycles. The Balaban J connectivity index is 1.73. The molecule has 0 bridgehead atoms. The van der Waals surface area contributed by atoms with Crippen molar-refractivity contribution in [1.29, 1.82) is 5.26 Å². The number of nitriles is 1. The van der Waals surface area contributed by atoms with Crippen molar-refractivity contribution in [3.8, 4) is 11.8 Å². The average molecular weight is 366 g/mol. The monoisotopic (exact) mass is 366 g/mol. The Morgan fingerprint density at radius 3 is 2.62 bits per heavy atom. The van der Waals surface area contributed by atoms with Crippen molar-refractivity contribution >= 4 is 23.4 Å². The van der Waals surface area contributed by atoms with Gasteiger partial charge < -0.3 is 5.32 Å². The summed E-state index contributed by atoms with van der Waals surface area (Å²) in [5.41, 5.74) is 0.655. The van der Waals surface area contributed by atoms with E-state index in [0.29, 0.717) is 11.4 Å². The summed E-state index contributed by atoms with van der Waals surface area (Å²) in [4.78, 5) is 25.4. The van der Waals surface area contributed by atoms with Gasteiger partial charge in [-0.1, -0.05) is 30.3 Å². The van der Waals surface area contributed by atoms with Crippen molar-refractivity contribution in [2.45, 2.75) is 11.4 Å². The Kier molecular flexibility index (Phi) is 5.46. The molecule has 0 spiro atoms. The minimum absolute atomic E-state index is 0.261. The summed E-state index contributed by atoms with van der Waals surface area (Å²) in [5, 5.41) is 19.0. The molecule has 0 radical (unpaired) electrons. The minimum atomic E-state index is -0.501. The zero-order chi connectivity index (χ0) is 18.4. The zero-order valence-corrected chi connectivity index (χ0v) is 14.4. The summed E-state index contributed by atoms with van der Waals surface area (Å²) in [6, 6.07) is 18.0. The summed E-state index contributed by atoms with van der Waals surface area (Å²) in [7, 11) is 0. The van der Waals surface area contributed by atoms with Crippen LogP contribution in [0.15, 0.2) is 64.3 Å². The Morgan fingerprint density at radius 1 is 1.12 bits per heavy atom. The van der Waals surface area contributed by atoms with Gasteiger partial charge in [-0.25, -0.2) is 4.79 Å². The molecule has 0 fully saturated rings. The molecule has 0 aliphatic heterocycles. The fourth-order valence-corrected chi connectivity index (χ4v) is 2.91. The van der Waals surface area contributed by atoms with Crippen molar-refractivity contribution in [3.63, 3.8) is 0 Å². The minimum Gasteiger partial charge on any atom is -0.323 e. The molecule has 9 heteroatoms. The number of anilines is 1. The molecular formula is C17H14N6O2S. The zero-order valence-electron chi connectivity index (χ0n) is 13.6. The predicted octanol–water partition coefficient (Wildman–Crippen LogP) is 1.68. The molecule has 3 aromatic rings. The number of hydrogen-bond donors (Lipinski definition) is 1. The molecular weight excluding hydrogens is 352 g/mol. The number of nitrogens with one attached hydrogen (secondary N) is 1. The SMILES string of the molecule is N#CCSc1ccccc1NC(=O)Cn1nnn(-c2ccccc2)c1=O. The van der Waals surface area contributed by atoms with Gasteiger partial charge in [0.1, 0.15) is 6.54 Å². The van der Waals surface area contributed by atoms with Crippen LogP contribution in [0, 0.1) is 11.3 Å². The molecule has 8 nitrogen and oxygen atoms in total. The third-order valence-electron chi connectivity index (χ3n) is 3.39. The Labute approximate surface area is 153 Å². The highest BCUT2D eigenvalue weighted by atomic mass is 32.2. The van der Waals surface area contributed by atoms with Gasteiger partial charge in [0.05, 0.1) is 23.2 Å². The maximum atomic E-state index is 12.3. The number of rotatable bonds is 6. The third kappa shape index (κ3) is 3.99. The van der Waals surface area contributed by atoms with Crippen LogP contribution in [-0.2, 0) is 11.3 Å². The van der Waals surface area contributed by atoms with Gasteiger partial charge in [-0.15, -0.1) is 11.8 Å². The van der Waals surface area contributed by atoms with Crippen LogP contribution >= 0.6 is 11.8 Å². The lowest BCUT2D eigenvalue weighted by Gasteiger charge is -2.09. The largest absolute Gasteiger partial charge is 0.368 e. The molecule has 3 rings (SSSR count). The van der Waals surface area contributed by atoms with Gasteiger partial charge in [0, 0.05) is 4.90 Å². The predicted molar refractivity (Wildman–Crippen MR) is 97.0 cm³/mol. The molecule has 26 heavy (non-hydrogen) atoms. The summed E-state index contributed by atoms with van der Waals surface area (Å²) >= 11 is 1.32. The lowest BCUT2D eigenvalue weighted by Crippen LogP contribution is -2.29. The molecule has 0 aliphatic rings. The van der Waals surface area contributed by atoms with E-state index in [1.165, 1.54) is 11.8 Å². The van der Waals surface area contributed by atoms with Gasteiger partial charge in [-0.3, -0.25) is 4.79 Å². The quantitative estimate of drug-likeness (QED) is 0.666. The second-order valence-electron chi connectivity index (χ2n) is 5.16. The summed E-state index contributed by atoms with van der Waals surface area (Å²) in [6.07, 6.45) is 0. The average Bonchev–Trinajstić information content (AvgIpc) is 3.02. The maximum Gasteiger partial charge on any atom is 0.368 e. The van der Waals surface area contributed by atoms with Crippen LogP contribution in [0.3, 0.4) is 0 Å². The van der Waals surface area contributed by atoms with Gasteiger partial charge in [0.2, 0.25) is 5.91 Å². The number of hydrogen-bond acceptors (Lipinski definition) is 6. The van der Waals surface area contributed by atoms with Crippen molar-refractivity contribution in [2.75, 3.05) is 11.1 Å². The molecule has 0 saturated heterocycles. The fourth-order valence-electron chi connectivity index (χ4n) is 2.24. The van der Waals surface area contributed by atoms with E-state index >= 15 is 0 Å². The van der Waals surface area contributed by atoms with Gasteiger partial charge >= 0.3 is 5.69 Å². The number of carbonyl (C=O) groups excluding carboxylic acids is 1. The highest BCUT2D eigenvalue weighted by Crippen LogP contribution is 2.26. The fraction of sp³-hybridized carbons (Fsp3) is 0.118. The van der Waals surface area contributed by atoms with Crippen LogP contribution in [-0.4, -0.2) is 31.5 Å². The Hall–Kier alpha value is -3.38. The Bertz CT molecular complexity index is 1010. The topological polar surface area (TPSA) is 106 Å². The van der Waals surface area contributed by atoms with E-state index in [1.54, 1.807) is 36.4 Å². The van der Waals surface area contributed by atoms with E-state index in [1.807, 2.05) is 24.3 Å². The summed E-state index contributed by atoms with van der Waals surface area (Å²) in [5.74, 6) is -0.130. The highest BCUT2D eigenvalue weighted by Gasteiger charge is 2.13. The van der Waals surface area contributed by atoms with Crippen LogP contribution in [0.4, 0.5) is 5.69 Å². The molecule has 0 atom stereocenters. The van der Waals surface area contributed by atoms with Gasteiger partial charge in [0.15, 0.2) is 0 Å². The first-order valence-corrected chi connectivity index (χ1v) is 8.64. The number of nitrogens with zero attached hydrogens (tertiary/aromatic N) is 5. The Morgan fingerprint density at radius 2 is 1.85 bits per heavy atom. The van der Waals surface area contributed by atoms with Crippen LogP contribution in [0.5, 0.6) is 0 Å². The van der Waals surface area contributed by atoms with Gasteiger partial charge in [-0.05, 0) is 34.7 Å². The van der Waals surface area contributed by atoms with Crippen LogP contribution < -0.4 is 11.0 Å². The van der Waals surface area contributed by atoms with Crippen molar-refractivity contribution in [2.24, 2.45) is 0 Å². The maximum absolute atomic E-state index is 12.3. The molecule has 0 saturated carbocycles. The summed E-state index contributed by atoms with van der Waals surface area (Å²) < 4.78 is 2.12. The van der Waals surface area contributed by atoms with Crippen molar-refractivity contribution in [1.82, 2.24) is 19.8 Å². The number of tetrazole rings is 1. The number of thioether (sulfide) groups is 1. The lowest BCUT2D eigenvalue weighted by molar-refractivity contribution is -0.117. The molecule has 130 valence electrons. The van der Waals surface area contributed by atoms with E-state index in [4.69, 9.17) is 5.26 Å². The van der Waals surface area contributed by atoms with Crippen LogP contribution in [0.2, 0.25) is 0 Å².